The van der Waals surface area contributed by atoms with Crippen LogP contribution in [-0.2, 0) is 6.54 Å². The maximum absolute atomic E-state index is 6.17. The Balaban J connectivity index is 1.60. The van der Waals surface area contributed by atoms with Crippen molar-refractivity contribution in [3.63, 3.8) is 0 Å². The highest BCUT2D eigenvalue weighted by atomic mass is 35.5. The number of benzene rings is 1. The van der Waals surface area contributed by atoms with Gasteiger partial charge < -0.3 is 5.32 Å². The molecule has 0 amide bonds. The SMILES string of the molecule is S=C(Nc1ncn(Cc2c(Cl)cccc2Cl)n1)NC1CCCC1. The topological polar surface area (TPSA) is 54.8 Å². The smallest absolute Gasteiger partial charge is 0.248 e. The first-order valence-electron chi connectivity index (χ1n) is 7.51. The van der Waals surface area contributed by atoms with Crippen molar-refractivity contribution >= 4 is 46.5 Å². The second-order valence-electron chi connectivity index (χ2n) is 5.55. The lowest BCUT2D eigenvalue weighted by Crippen LogP contribution is -2.36. The summed E-state index contributed by atoms with van der Waals surface area (Å²) in [6.07, 6.45) is 6.46. The van der Waals surface area contributed by atoms with Gasteiger partial charge in [0.05, 0.1) is 6.54 Å². The van der Waals surface area contributed by atoms with Gasteiger partial charge in [-0.15, -0.1) is 5.10 Å². The molecule has 1 aliphatic rings. The van der Waals surface area contributed by atoms with Crippen LogP contribution in [0.3, 0.4) is 0 Å². The summed E-state index contributed by atoms with van der Waals surface area (Å²) in [7, 11) is 0. The first-order chi connectivity index (χ1) is 11.1. The number of nitrogens with one attached hydrogen (secondary N) is 2. The van der Waals surface area contributed by atoms with Crippen LogP contribution in [0.5, 0.6) is 0 Å². The van der Waals surface area contributed by atoms with Gasteiger partial charge in [-0.1, -0.05) is 42.1 Å². The van der Waals surface area contributed by atoms with Crippen molar-refractivity contribution < 1.29 is 0 Å². The molecule has 0 radical (unpaired) electrons. The van der Waals surface area contributed by atoms with E-state index in [1.807, 2.05) is 6.07 Å². The normalized spacial score (nSPS) is 14.9. The van der Waals surface area contributed by atoms with Gasteiger partial charge in [0.2, 0.25) is 5.95 Å². The zero-order chi connectivity index (χ0) is 16.2. The summed E-state index contributed by atoms with van der Waals surface area (Å²) in [5, 5.41) is 12.4. The van der Waals surface area contributed by atoms with Gasteiger partial charge in [-0.2, -0.15) is 0 Å². The Labute approximate surface area is 150 Å². The summed E-state index contributed by atoms with van der Waals surface area (Å²) in [4.78, 5) is 4.21. The maximum atomic E-state index is 6.17. The van der Waals surface area contributed by atoms with Gasteiger partial charge in [0.15, 0.2) is 5.11 Å². The summed E-state index contributed by atoms with van der Waals surface area (Å²) in [5.41, 5.74) is 0.818. The molecule has 2 N–H and O–H groups in total. The first kappa shape index (κ1) is 16.5. The molecular formula is C15H17Cl2N5S. The van der Waals surface area contributed by atoms with E-state index in [1.54, 1.807) is 23.1 Å². The van der Waals surface area contributed by atoms with Crippen LogP contribution in [-0.4, -0.2) is 25.9 Å². The Morgan fingerprint density at radius 3 is 2.65 bits per heavy atom. The van der Waals surface area contributed by atoms with Crippen LogP contribution in [0.1, 0.15) is 31.2 Å². The Hall–Kier alpha value is -1.37. The molecule has 23 heavy (non-hydrogen) atoms. The van der Waals surface area contributed by atoms with Gasteiger partial charge in [-0.25, -0.2) is 9.67 Å². The molecule has 2 aromatic rings. The number of aromatic nitrogens is 3. The molecular weight excluding hydrogens is 353 g/mol. The molecule has 1 saturated carbocycles. The van der Waals surface area contributed by atoms with Gasteiger partial charge >= 0.3 is 0 Å². The fraction of sp³-hybridized carbons (Fsp3) is 0.400. The van der Waals surface area contributed by atoms with E-state index < -0.39 is 0 Å². The minimum absolute atomic E-state index is 0.454. The highest BCUT2D eigenvalue weighted by Crippen LogP contribution is 2.25. The highest BCUT2D eigenvalue weighted by molar-refractivity contribution is 7.80. The quantitative estimate of drug-likeness (QED) is 0.801. The molecule has 8 heteroatoms. The molecule has 0 bridgehead atoms. The molecule has 1 heterocycles. The van der Waals surface area contributed by atoms with Crippen LogP contribution >= 0.6 is 35.4 Å². The van der Waals surface area contributed by atoms with Gasteiger partial charge in [0.1, 0.15) is 6.33 Å². The molecule has 5 nitrogen and oxygen atoms in total. The summed E-state index contributed by atoms with van der Waals surface area (Å²) in [6, 6.07) is 5.88. The summed E-state index contributed by atoms with van der Waals surface area (Å²) in [6.45, 7) is 0.454. The number of rotatable bonds is 4. The third-order valence-corrected chi connectivity index (χ3v) is 4.76. The maximum Gasteiger partial charge on any atom is 0.248 e. The van der Waals surface area contributed by atoms with E-state index in [9.17, 15) is 0 Å². The lowest BCUT2D eigenvalue weighted by atomic mass is 10.2. The molecule has 1 fully saturated rings. The van der Waals surface area contributed by atoms with Crippen LogP contribution in [0, 0.1) is 0 Å². The van der Waals surface area contributed by atoms with Crippen molar-refractivity contribution in [2.45, 2.75) is 38.3 Å². The lowest BCUT2D eigenvalue weighted by Gasteiger charge is -2.13. The van der Waals surface area contributed by atoms with Crippen molar-refractivity contribution in [3.8, 4) is 0 Å². The average molecular weight is 370 g/mol. The summed E-state index contributed by atoms with van der Waals surface area (Å²) in [5.74, 6) is 0.462. The van der Waals surface area contributed by atoms with E-state index in [1.165, 1.54) is 12.8 Å². The Morgan fingerprint density at radius 1 is 1.26 bits per heavy atom. The van der Waals surface area contributed by atoms with E-state index >= 15 is 0 Å². The monoisotopic (exact) mass is 369 g/mol. The number of hydrogen-bond donors (Lipinski definition) is 2. The number of hydrogen-bond acceptors (Lipinski definition) is 3. The number of halogens is 2. The minimum Gasteiger partial charge on any atom is -0.360 e. The largest absolute Gasteiger partial charge is 0.360 e. The number of anilines is 1. The Bertz CT molecular complexity index is 677. The minimum atomic E-state index is 0.454. The fourth-order valence-corrected chi connectivity index (χ4v) is 3.44. The average Bonchev–Trinajstić information content (AvgIpc) is 3.15. The van der Waals surface area contributed by atoms with Crippen LogP contribution in [0.2, 0.25) is 10.0 Å². The predicted octanol–water partition coefficient (Wildman–Crippen LogP) is 3.86. The van der Waals surface area contributed by atoms with Gasteiger partial charge in [0.25, 0.3) is 0 Å². The molecule has 1 aromatic heterocycles. The van der Waals surface area contributed by atoms with Crippen LogP contribution in [0.15, 0.2) is 24.5 Å². The first-order valence-corrected chi connectivity index (χ1v) is 8.68. The van der Waals surface area contributed by atoms with Crippen LogP contribution in [0.25, 0.3) is 0 Å². The molecule has 1 aliphatic carbocycles. The van der Waals surface area contributed by atoms with Crippen molar-refractivity contribution in [1.82, 2.24) is 20.1 Å². The van der Waals surface area contributed by atoms with Crippen molar-refractivity contribution in [1.29, 1.82) is 0 Å². The number of thiocarbonyl (C=S) groups is 1. The molecule has 1 aromatic carbocycles. The second-order valence-corrected chi connectivity index (χ2v) is 6.77. The lowest BCUT2D eigenvalue weighted by molar-refractivity contribution is 0.634. The van der Waals surface area contributed by atoms with Gasteiger partial charge in [-0.05, 0) is 37.2 Å². The molecule has 0 spiro atoms. The molecule has 0 aliphatic heterocycles. The summed E-state index contributed by atoms with van der Waals surface area (Å²) >= 11 is 17.6. The second kappa shape index (κ2) is 7.47. The molecule has 0 atom stereocenters. The van der Waals surface area contributed by atoms with Crippen molar-refractivity contribution in [3.05, 3.63) is 40.1 Å². The van der Waals surface area contributed by atoms with E-state index in [0.29, 0.717) is 33.7 Å². The highest BCUT2D eigenvalue weighted by Gasteiger charge is 2.16. The van der Waals surface area contributed by atoms with Crippen LogP contribution in [0.4, 0.5) is 5.95 Å². The molecule has 0 unspecified atom stereocenters. The predicted molar refractivity (Wildman–Crippen MR) is 97.2 cm³/mol. The van der Waals surface area contributed by atoms with Gasteiger partial charge in [-0.3, -0.25) is 5.32 Å². The van der Waals surface area contributed by atoms with E-state index in [2.05, 4.69) is 20.7 Å². The van der Waals surface area contributed by atoms with E-state index in [4.69, 9.17) is 35.4 Å². The number of nitrogens with zero attached hydrogens (tertiary/aromatic N) is 3. The van der Waals surface area contributed by atoms with E-state index in [-0.39, 0.29) is 0 Å². The van der Waals surface area contributed by atoms with Crippen LogP contribution < -0.4 is 10.6 Å². The standard InChI is InChI=1S/C15H17Cl2N5S/c16-12-6-3-7-13(17)11(12)8-22-9-18-14(21-22)20-15(23)19-10-4-1-2-5-10/h3,6-7,9-10H,1-2,4-5,8H2,(H2,19,20,21,23). The summed E-state index contributed by atoms with van der Waals surface area (Å²) < 4.78 is 1.67. The molecule has 122 valence electrons. The third kappa shape index (κ3) is 4.34. The Kier molecular flexibility index (Phi) is 5.35. The van der Waals surface area contributed by atoms with Crippen molar-refractivity contribution in [2.75, 3.05) is 5.32 Å². The van der Waals surface area contributed by atoms with Gasteiger partial charge in [0, 0.05) is 21.7 Å². The van der Waals surface area contributed by atoms with Crippen molar-refractivity contribution in [2.24, 2.45) is 0 Å². The third-order valence-electron chi connectivity index (χ3n) is 3.83. The molecule has 3 rings (SSSR count). The Morgan fingerprint density at radius 2 is 1.96 bits per heavy atom. The molecule has 0 saturated heterocycles. The zero-order valence-electron chi connectivity index (χ0n) is 12.4. The van der Waals surface area contributed by atoms with E-state index in [0.717, 1.165) is 18.4 Å². The zero-order valence-corrected chi connectivity index (χ0v) is 14.8. The fourth-order valence-electron chi connectivity index (χ4n) is 2.67.